The monoisotopic (exact) mass is 251 g/mol. The van der Waals surface area contributed by atoms with Crippen molar-refractivity contribution in [1.82, 2.24) is 5.32 Å². The molecule has 18 heavy (non-hydrogen) atoms. The highest BCUT2D eigenvalue weighted by Crippen LogP contribution is 2.41. The van der Waals surface area contributed by atoms with Crippen LogP contribution in [0, 0.1) is 17.8 Å². The summed E-state index contributed by atoms with van der Waals surface area (Å²) < 4.78 is 0. The number of rotatable bonds is 5. The molecular formula is C17H33N. The first-order valence-corrected chi connectivity index (χ1v) is 8.58. The van der Waals surface area contributed by atoms with Gasteiger partial charge < -0.3 is 5.32 Å². The zero-order chi connectivity index (χ0) is 12.8. The van der Waals surface area contributed by atoms with Crippen molar-refractivity contribution in [2.45, 2.75) is 84.1 Å². The molecule has 2 aliphatic rings. The van der Waals surface area contributed by atoms with Crippen molar-refractivity contribution in [2.24, 2.45) is 17.8 Å². The van der Waals surface area contributed by atoms with E-state index in [2.05, 4.69) is 19.2 Å². The maximum Gasteiger partial charge on any atom is 0.00979 e. The maximum absolute atomic E-state index is 3.85. The third kappa shape index (κ3) is 3.73. The largest absolute Gasteiger partial charge is 0.314 e. The second kappa shape index (κ2) is 7.53. The molecule has 0 radical (unpaired) electrons. The van der Waals surface area contributed by atoms with Gasteiger partial charge in [0.1, 0.15) is 0 Å². The average Bonchev–Trinajstić information content (AvgIpc) is 2.45. The molecule has 2 rings (SSSR count). The highest BCUT2D eigenvalue weighted by molar-refractivity contribution is 4.88. The number of hydrogen-bond acceptors (Lipinski definition) is 1. The van der Waals surface area contributed by atoms with E-state index in [0.29, 0.717) is 0 Å². The van der Waals surface area contributed by atoms with Crippen molar-refractivity contribution in [1.29, 1.82) is 0 Å². The maximum atomic E-state index is 3.85. The summed E-state index contributed by atoms with van der Waals surface area (Å²) in [6, 6.07) is 0.847. The fourth-order valence-electron chi connectivity index (χ4n) is 4.40. The Labute approximate surface area is 114 Å². The SMILES string of the molecule is CCCNC1CCCCC1C1CCCC(CC)C1. The minimum absolute atomic E-state index is 0.847. The summed E-state index contributed by atoms with van der Waals surface area (Å²) in [4.78, 5) is 0. The molecule has 0 spiro atoms. The van der Waals surface area contributed by atoms with Gasteiger partial charge in [0.25, 0.3) is 0 Å². The van der Waals surface area contributed by atoms with Crippen molar-refractivity contribution in [3.05, 3.63) is 0 Å². The molecular weight excluding hydrogens is 218 g/mol. The lowest BCUT2D eigenvalue weighted by Crippen LogP contribution is -2.43. The van der Waals surface area contributed by atoms with Crippen LogP contribution in [-0.2, 0) is 0 Å². The second-order valence-corrected chi connectivity index (χ2v) is 6.71. The van der Waals surface area contributed by atoms with Crippen LogP contribution in [0.25, 0.3) is 0 Å². The van der Waals surface area contributed by atoms with Crippen LogP contribution < -0.4 is 5.32 Å². The van der Waals surface area contributed by atoms with Crippen LogP contribution >= 0.6 is 0 Å². The predicted molar refractivity (Wildman–Crippen MR) is 79.8 cm³/mol. The Kier molecular flexibility index (Phi) is 6.01. The van der Waals surface area contributed by atoms with Gasteiger partial charge in [-0.15, -0.1) is 0 Å². The molecule has 0 aromatic carbocycles. The van der Waals surface area contributed by atoms with Gasteiger partial charge in [0.15, 0.2) is 0 Å². The molecule has 0 aliphatic heterocycles. The minimum Gasteiger partial charge on any atom is -0.314 e. The molecule has 0 aromatic rings. The fourth-order valence-corrected chi connectivity index (χ4v) is 4.40. The van der Waals surface area contributed by atoms with Gasteiger partial charge in [-0.25, -0.2) is 0 Å². The summed E-state index contributed by atoms with van der Waals surface area (Å²) in [6.45, 7) is 5.91. The third-order valence-corrected chi connectivity index (χ3v) is 5.48. The van der Waals surface area contributed by atoms with Gasteiger partial charge in [0.05, 0.1) is 0 Å². The van der Waals surface area contributed by atoms with Crippen LogP contribution in [0.4, 0.5) is 0 Å². The molecule has 2 fully saturated rings. The standard InChI is InChI=1S/C17H33N/c1-3-12-18-17-11-6-5-10-16(17)15-9-7-8-14(4-2)13-15/h14-18H,3-13H2,1-2H3. The van der Waals surface area contributed by atoms with Crippen LogP contribution in [0.5, 0.6) is 0 Å². The summed E-state index contributed by atoms with van der Waals surface area (Å²) in [5.74, 6) is 3.08. The highest BCUT2D eigenvalue weighted by atomic mass is 14.9. The number of hydrogen-bond donors (Lipinski definition) is 1. The van der Waals surface area contributed by atoms with Crippen LogP contribution in [0.1, 0.15) is 78.1 Å². The molecule has 0 bridgehead atoms. The first kappa shape index (κ1) is 14.4. The molecule has 0 amide bonds. The van der Waals surface area contributed by atoms with Crippen molar-refractivity contribution in [2.75, 3.05) is 6.54 Å². The molecule has 0 aromatic heterocycles. The third-order valence-electron chi connectivity index (χ3n) is 5.48. The first-order chi connectivity index (χ1) is 8.85. The lowest BCUT2D eigenvalue weighted by atomic mass is 9.68. The Bertz CT molecular complexity index is 226. The van der Waals surface area contributed by atoms with Crippen LogP contribution in [0.2, 0.25) is 0 Å². The lowest BCUT2D eigenvalue weighted by Gasteiger charge is -2.41. The molecule has 4 atom stereocenters. The average molecular weight is 251 g/mol. The van der Waals surface area contributed by atoms with Crippen molar-refractivity contribution in [3.63, 3.8) is 0 Å². The van der Waals surface area contributed by atoms with Crippen molar-refractivity contribution in [3.8, 4) is 0 Å². The van der Waals surface area contributed by atoms with Crippen molar-refractivity contribution >= 4 is 0 Å². The van der Waals surface area contributed by atoms with Gasteiger partial charge in [0.2, 0.25) is 0 Å². The zero-order valence-corrected chi connectivity index (χ0v) is 12.6. The van der Waals surface area contributed by atoms with E-state index in [9.17, 15) is 0 Å². The Morgan fingerprint density at radius 2 is 1.78 bits per heavy atom. The van der Waals surface area contributed by atoms with E-state index < -0.39 is 0 Å². The first-order valence-electron chi connectivity index (χ1n) is 8.58. The molecule has 0 heterocycles. The zero-order valence-electron chi connectivity index (χ0n) is 12.6. The van der Waals surface area contributed by atoms with Gasteiger partial charge in [-0.3, -0.25) is 0 Å². The summed E-state index contributed by atoms with van der Waals surface area (Å²) in [7, 11) is 0. The highest BCUT2D eigenvalue weighted by Gasteiger charge is 2.33. The molecule has 0 saturated heterocycles. The van der Waals surface area contributed by atoms with E-state index in [0.717, 1.165) is 23.8 Å². The quantitative estimate of drug-likeness (QED) is 0.743. The molecule has 1 heteroatoms. The van der Waals surface area contributed by atoms with E-state index in [-0.39, 0.29) is 0 Å². The molecule has 1 nitrogen and oxygen atoms in total. The van der Waals surface area contributed by atoms with Gasteiger partial charge in [0, 0.05) is 6.04 Å². The van der Waals surface area contributed by atoms with Crippen molar-refractivity contribution < 1.29 is 0 Å². The molecule has 1 N–H and O–H groups in total. The lowest BCUT2D eigenvalue weighted by molar-refractivity contribution is 0.124. The van der Waals surface area contributed by atoms with E-state index in [1.807, 2.05) is 0 Å². The second-order valence-electron chi connectivity index (χ2n) is 6.71. The number of nitrogens with one attached hydrogen (secondary N) is 1. The Morgan fingerprint density at radius 1 is 0.944 bits per heavy atom. The summed E-state index contributed by atoms with van der Waals surface area (Å²) >= 11 is 0. The van der Waals surface area contributed by atoms with E-state index in [1.165, 1.54) is 70.8 Å². The van der Waals surface area contributed by atoms with Crippen LogP contribution in [-0.4, -0.2) is 12.6 Å². The topological polar surface area (TPSA) is 12.0 Å². The molecule has 2 aliphatic carbocycles. The van der Waals surface area contributed by atoms with E-state index in [4.69, 9.17) is 0 Å². The summed E-state index contributed by atoms with van der Waals surface area (Å²) in [5, 5.41) is 3.85. The minimum atomic E-state index is 0.847. The van der Waals surface area contributed by atoms with Gasteiger partial charge in [-0.2, -0.15) is 0 Å². The Balaban J connectivity index is 1.90. The Morgan fingerprint density at radius 3 is 2.56 bits per heavy atom. The van der Waals surface area contributed by atoms with E-state index >= 15 is 0 Å². The Hall–Kier alpha value is -0.0400. The molecule has 2 saturated carbocycles. The molecule has 4 unspecified atom stereocenters. The smallest absolute Gasteiger partial charge is 0.00979 e. The fraction of sp³-hybridized carbons (Fsp3) is 1.00. The van der Waals surface area contributed by atoms with Gasteiger partial charge in [-0.05, 0) is 50.0 Å². The van der Waals surface area contributed by atoms with Gasteiger partial charge >= 0.3 is 0 Å². The normalized spacial score (nSPS) is 37.7. The summed E-state index contributed by atoms with van der Waals surface area (Å²) in [5.41, 5.74) is 0. The molecule has 106 valence electrons. The van der Waals surface area contributed by atoms with Crippen LogP contribution in [0.15, 0.2) is 0 Å². The predicted octanol–water partition coefficient (Wildman–Crippen LogP) is 4.76. The van der Waals surface area contributed by atoms with Gasteiger partial charge in [-0.1, -0.05) is 52.4 Å². The van der Waals surface area contributed by atoms with E-state index in [1.54, 1.807) is 0 Å². The summed E-state index contributed by atoms with van der Waals surface area (Å²) in [6.07, 6.45) is 14.6. The van der Waals surface area contributed by atoms with Crippen LogP contribution in [0.3, 0.4) is 0 Å².